The van der Waals surface area contributed by atoms with Gasteiger partial charge in [0.15, 0.2) is 0 Å². The van der Waals surface area contributed by atoms with Crippen molar-refractivity contribution in [1.29, 1.82) is 0 Å². The Morgan fingerprint density at radius 1 is 1.19 bits per heavy atom. The highest BCUT2D eigenvalue weighted by molar-refractivity contribution is 5.89. The molecule has 1 N–H and O–H groups in total. The fraction of sp³-hybridized carbons (Fsp3) is 0.350. The van der Waals surface area contributed by atoms with E-state index in [4.69, 9.17) is 0 Å². The van der Waals surface area contributed by atoms with Crippen molar-refractivity contribution in [1.82, 2.24) is 24.5 Å². The van der Waals surface area contributed by atoms with Crippen LogP contribution in [0.5, 0.6) is 0 Å². The first-order valence-corrected chi connectivity index (χ1v) is 9.34. The van der Waals surface area contributed by atoms with Crippen LogP contribution in [-0.2, 0) is 6.54 Å². The molecular formula is C20H24N6O. The van der Waals surface area contributed by atoms with Crippen molar-refractivity contribution in [3.8, 4) is 5.69 Å². The number of nitrogens with zero attached hydrogens (tertiary/aromatic N) is 5. The van der Waals surface area contributed by atoms with Gasteiger partial charge < -0.3 is 10.2 Å². The number of anilines is 1. The van der Waals surface area contributed by atoms with Gasteiger partial charge in [0.05, 0.1) is 23.3 Å². The van der Waals surface area contributed by atoms with Crippen molar-refractivity contribution in [3.05, 3.63) is 60.7 Å². The zero-order valence-electron chi connectivity index (χ0n) is 15.5. The molecule has 1 fully saturated rings. The van der Waals surface area contributed by atoms with Crippen LogP contribution >= 0.6 is 0 Å². The Morgan fingerprint density at radius 3 is 2.67 bits per heavy atom. The molecule has 1 saturated heterocycles. The first kappa shape index (κ1) is 17.3. The lowest BCUT2D eigenvalue weighted by Gasteiger charge is -2.31. The number of para-hydroxylation sites is 1. The van der Waals surface area contributed by atoms with Crippen molar-refractivity contribution in [2.45, 2.75) is 26.3 Å². The Kier molecular flexibility index (Phi) is 4.91. The van der Waals surface area contributed by atoms with Crippen LogP contribution in [0.1, 0.15) is 18.5 Å². The maximum absolute atomic E-state index is 12.6. The van der Waals surface area contributed by atoms with E-state index >= 15 is 0 Å². The van der Waals surface area contributed by atoms with Crippen LogP contribution in [0.15, 0.2) is 55.0 Å². The molecule has 2 amide bonds. The van der Waals surface area contributed by atoms with Gasteiger partial charge in [-0.25, -0.2) is 9.48 Å². The third-order valence-corrected chi connectivity index (χ3v) is 5.07. The minimum Gasteiger partial charge on any atom is -0.325 e. The Hall–Kier alpha value is -3.09. The lowest BCUT2D eigenvalue weighted by Crippen LogP contribution is -2.41. The zero-order chi connectivity index (χ0) is 18.6. The largest absolute Gasteiger partial charge is 0.325 e. The predicted molar refractivity (Wildman–Crippen MR) is 104 cm³/mol. The maximum Gasteiger partial charge on any atom is 0.321 e. The Balaban J connectivity index is 1.34. The summed E-state index contributed by atoms with van der Waals surface area (Å²) in [5.41, 5.74) is 2.53. The molecule has 7 heteroatoms. The number of benzene rings is 1. The number of nitrogens with one attached hydrogen (secondary N) is 1. The van der Waals surface area contributed by atoms with Gasteiger partial charge in [-0.15, -0.1) is 0 Å². The SMILES string of the molecule is Cc1nn(-c2ccccc2)cc1NC(=O)N1CCC(Cn2cccn2)CC1. The molecule has 7 nitrogen and oxygen atoms in total. The Bertz CT molecular complexity index is 879. The van der Waals surface area contributed by atoms with Gasteiger partial charge in [0.1, 0.15) is 0 Å². The third-order valence-electron chi connectivity index (χ3n) is 5.07. The summed E-state index contributed by atoms with van der Waals surface area (Å²) in [4.78, 5) is 14.5. The summed E-state index contributed by atoms with van der Waals surface area (Å²) in [5.74, 6) is 0.566. The van der Waals surface area contributed by atoms with E-state index in [9.17, 15) is 4.79 Å². The number of piperidine rings is 1. The minimum atomic E-state index is -0.0525. The first-order chi connectivity index (χ1) is 13.2. The van der Waals surface area contributed by atoms with Gasteiger partial charge in [0, 0.05) is 32.0 Å². The molecule has 4 rings (SSSR count). The second kappa shape index (κ2) is 7.65. The predicted octanol–water partition coefficient (Wildman–Crippen LogP) is 3.32. The van der Waals surface area contributed by atoms with E-state index in [0.717, 1.165) is 49.5 Å². The number of carbonyl (C=O) groups is 1. The monoisotopic (exact) mass is 364 g/mol. The summed E-state index contributed by atoms with van der Waals surface area (Å²) in [6.07, 6.45) is 7.66. The van der Waals surface area contributed by atoms with Gasteiger partial charge in [-0.3, -0.25) is 4.68 Å². The molecule has 27 heavy (non-hydrogen) atoms. The molecule has 2 aromatic heterocycles. The molecule has 0 atom stereocenters. The second-order valence-electron chi connectivity index (χ2n) is 7.00. The summed E-state index contributed by atoms with van der Waals surface area (Å²) in [7, 11) is 0. The maximum atomic E-state index is 12.6. The summed E-state index contributed by atoms with van der Waals surface area (Å²) in [6.45, 7) is 4.37. The van der Waals surface area contributed by atoms with Crippen LogP contribution in [0.4, 0.5) is 10.5 Å². The molecule has 1 aliphatic rings. The van der Waals surface area contributed by atoms with E-state index in [-0.39, 0.29) is 6.03 Å². The molecule has 0 bridgehead atoms. The van der Waals surface area contributed by atoms with Crippen LogP contribution in [0.25, 0.3) is 5.69 Å². The van der Waals surface area contributed by atoms with E-state index in [1.807, 2.05) is 65.3 Å². The average molecular weight is 364 g/mol. The zero-order valence-corrected chi connectivity index (χ0v) is 15.5. The highest BCUT2D eigenvalue weighted by atomic mass is 16.2. The Morgan fingerprint density at radius 2 is 1.96 bits per heavy atom. The van der Waals surface area contributed by atoms with Gasteiger partial charge in [0.25, 0.3) is 0 Å². The molecule has 3 aromatic rings. The van der Waals surface area contributed by atoms with Crippen molar-refractivity contribution >= 4 is 11.7 Å². The summed E-state index contributed by atoms with van der Waals surface area (Å²) in [6, 6.07) is 11.8. The van der Waals surface area contributed by atoms with Crippen LogP contribution in [0.2, 0.25) is 0 Å². The third kappa shape index (κ3) is 4.02. The number of likely N-dealkylation sites (tertiary alicyclic amines) is 1. The lowest BCUT2D eigenvalue weighted by molar-refractivity contribution is 0.175. The molecule has 1 aliphatic heterocycles. The number of aryl methyl sites for hydroxylation is 1. The molecular weight excluding hydrogens is 340 g/mol. The number of hydrogen-bond donors (Lipinski definition) is 1. The van der Waals surface area contributed by atoms with E-state index in [2.05, 4.69) is 15.5 Å². The normalized spacial score (nSPS) is 15.1. The smallest absolute Gasteiger partial charge is 0.321 e. The van der Waals surface area contributed by atoms with Crippen molar-refractivity contribution in [2.75, 3.05) is 18.4 Å². The van der Waals surface area contributed by atoms with E-state index in [0.29, 0.717) is 5.92 Å². The van der Waals surface area contributed by atoms with Crippen LogP contribution < -0.4 is 5.32 Å². The van der Waals surface area contributed by atoms with Gasteiger partial charge in [-0.05, 0) is 43.9 Å². The van der Waals surface area contributed by atoms with E-state index < -0.39 is 0 Å². The molecule has 0 radical (unpaired) electrons. The number of aromatic nitrogens is 4. The second-order valence-corrected chi connectivity index (χ2v) is 7.00. The van der Waals surface area contributed by atoms with Crippen molar-refractivity contribution in [2.24, 2.45) is 5.92 Å². The lowest BCUT2D eigenvalue weighted by atomic mass is 9.97. The number of hydrogen-bond acceptors (Lipinski definition) is 3. The number of rotatable bonds is 4. The number of urea groups is 1. The van der Waals surface area contributed by atoms with Crippen molar-refractivity contribution in [3.63, 3.8) is 0 Å². The van der Waals surface area contributed by atoms with Gasteiger partial charge in [-0.1, -0.05) is 18.2 Å². The number of amides is 2. The van der Waals surface area contributed by atoms with Gasteiger partial charge in [0.2, 0.25) is 0 Å². The van der Waals surface area contributed by atoms with Crippen LogP contribution in [0.3, 0.4) is 0 Å². The summed E-state index contributed by atoms with van der Waals surface area (Å²) < 4.78 is 3.77. The topological polar surface area (TPSA) is 68.0 Å². The van der Waals surface area contributed by atoms with E-state index in [1.165, 1.54) is 0 Å². The molecule has 3 heterocycles. The fourth-order valence-corrected chi connectivity index (χ4v) is 3.48. The highest BCUT2D eigenvalue weighted by Crippen LogP contribution is 2.21. The van der Waals surface area contributed by atoms with Gasteiger partial charge >= 0.3 is 6.03 Å². The Labute approximate surface area is 158 Å². The van der Waals surface area contributed by atoms with Crippen molar-refractivity contribution < 1.29 is 4.79 Å². The summed E-state index contributed by atoms with van der Waals surface area (Å²) >= 11 is 0. The molecule has 0 aliphatic carbocycles. The molecule has 1 aromatic carbocycles. The molecule has 0 spiro atoms. The van der Waals surface area contributed by atoms with E-state index in [1.54, 1.807) is 10.9 Å². The average Bonchev–Trinajstić information content (AvgIpc) is 3.33. The standard InChI is InChI=1S/C20H24N6O/c1-16-19(15-26(23-16)18-6-3-2-4-7-18)22-20(27)24-12-8-17(9-13-24)14-25-11-5-10-21-25/h2-7,10-11,15,17H,8-9,12-14H2,1H3,(H,22,27). The van der Waals surface area contributed by atoms with Gasteiger partial charge in [-0.2, -0.15) is 10.2 Å². The van der Waals surface area contributed by atoms with Crippen LogP contribution in [0, 0.1) is 12.8 Å². The fourth-order valence-electron chi connectivity index (χ4n) is 3.48. The molecule has 140 valence electrons. The molecule has 0 unspecified atom stereocenters. The quantitative estimate of drug-likeness (QED) is 0.772. The minimum absolute atomic E-state index is 0.0525. The first-order valence-electron chi connectivity index (χ1n) is 9.34. The number of carbonyl (C=O) groups excluding carboxylic acids is 1. The highest BCUT2D eigenvalue weighted by Gasteiger charge is 2.24. The summed E-state index contributed by atoms with van der Waals surface area (Å²) in [5, 5.41) is 11.8. The van der Waals surface area contributed by atoms with Crippen LogP contribution in [-0.4, -0.2) is 43.6 Å². The molecule has 0 saturated carbocycles.